The number of morpholine rings is 1. The Morgan fingerprint density at radius 2 is 1.62 bits per heavy atom. The molecule has 1 heterocycles. The number of sulfonamides is 2. The highest BCUT2D eigenvalue weighted by Gasteiger charge is 2.26. The SMILES string of the molecule is CNC(C)CNS(=O)(=O)c1ccc(S(=O)(=O)N2CCOCC2)cc1. The number of ether oxygens (including phenoxy) is 1. The lowest BCUT2D eigenvalue weighted by atomic mass is 10.4. The minimum absolute atomic E-state index is 0.0132. The van der Waals surface area contributed by atoms with Crippen molar-refractivity contribution in [3.8, 4) is 0 Å². The van der Waals surface area contributed by atoms with Crippen LogP contribution in [0, 0.1) is 0 Å². The molecule has 2 rings (SSSR count). The molecule has 0 amide bonds. The Morgan fingerprint density at radius 1 is 1.08 bits per heavy atom. The zero-order valence-electron chi connectivity index (χ0n) is 13.7. The lowest BCUT2D eigenvalue weighted by Crippen LogP contribution is -2.40. The van der Waals surface area contributed by atoms with Crippen LogP contribution in [0.5, 0.6) is 0 Å². The highest BCUT2D eigenvalue weighted by Crippen LogP contribution is 2.19. The van der Waals surface area contributed by atoms with Gasteiger partial charge in [0.05, 0.1) is 23.0 Å². The van der Waals surface area contributed by atoms with Gasteiger partial charge in [-0.1, -0.05) is 0 Å². The summed E-state index contributed by atoms with van der Waals surface area (Å²) in [7, 11) is -5.56. The standard InChI is InChI=1S/C14H23N3O5S2/c1-12(15-2)11-16-23(18,19)13-3-5-14(6-4-13)24(20,21)17-7-9-22-10-8-17/h3-6,12,15-16H,7-11H2,1-2H3. The van der Waals surface area contributed by atoms with Gasteiger partial charge in [-0.2, -0.15) is 4.31 Å². The zero-order chi connectivity index (χ0) is 17.8. The van der Waals surface area contributed by atoms with Crippen molar-refractivity contribution < 1.29 is 21.6 Å². The van der Waals surface area contributed by atoms with Crippen molar-refractivity contribution in [3.63, 3.8) is 0 Å². The fourth-order valence-electron chi connectivity index (χ4n) is 2.15. The minimum Gasteiger partial charge on any atom is -0.379 e. The van der Waals surface area contributed by atoms with Crippen LogP contribution in [0.1, 0.15) is 6.92 Å². The first-order valence-corrected chi connectivity index (χ1v) is 10.5. The van der Waals surface area contributed by atoms with Gasteiger partial charge in [0.2, 0.25) is 20.0 Å². The molecule has 1 aliphatic rings. The first-order valence-electron chi connectivity index (χ1n) is 7.62. The maximum Gasteiger partial charge on any atom is 0.243 e. The third kappa shape index (κ3) is 4.52. The van der Waals surface area contributed by atoms with Crippen LogP contribution in [-0.2, 0) is 24.8 Å². The van der Waals surface area contributed by atoms with Gasteiger partial charge in [-0.15, -0.1) is 0 Å². The topological polar surface area (TPSA) is 105 Å². The Hall–Kier alpha value is -1.04. The lowest BCUT2D eigenvalue weighted by molar-refractivity contribution is 0.0730. The van der Waals surface area contributed by atoms with Crippen molar-refractivity contribution in [3.05, 3.63) is 24.3 Å². The van der Waals surface area contributed by atoms with Crippen LogP contribution in [0.2, 0.25) is 0 Å². The number of nitrogens with zero attached hydrogens (tertiary/aromatic N) is 1. The Morgan fingerprint density at radius 3 is 2.17 bits per heavy atom. The molecule has 0 aromatic heterocycles. The van der Waals surface area contributed by atoms with Crippen molar-refractivity contribution >= 4 is 20.0 Å². The summed E-state index contributed by atoms with van der Waals surface area (Å²) in [5.74, 6) is 0. The van der Waals surface area contributed by atoms with Crippen LogP contribution in [0.3, 0.4) is 0 Å². The quantitative estimate of drug-likeness (QED) is 0.670. The number of hydrogen-bond acceptors (Lipinski definition) is 6. The average Bonchev–Trinajstić information content (AvgIpc) is 2.60. The molecule has 1 saturated heterocycles. The van der Waals surface area contributed by atoms with Crippen LogP contribution in [0.15, 0.2) is 34.1 Å². The van der Waals surface area contributed by atoms with Crippen LogP contribution < -0.4 is 10.0 Å². The van der Waals surface area contributed by atoms with E-state index in [1.807, 2.05) is 6.92 Å². The van der Waals surface area contributed by atoms with Gasteiger partial charge in [-0.05, 0) is 38.2 Å². The molecule has 2 N–H and O–H groups in total. The van der Waals surface area contributed by atoms with E-state index in [0.29, 0.717) is 26.3 Å². The molecular weight excluding hydrogens is 354 g/mol. The smallest absolute Gasteiger partial charge is 0.243 e. The second-order valence-electron chi connectivity index (χ2n) is 5.53. The van der Waals surface area contributed by atoms with Crippen LogP contribution in [0.25, 0.3) is 0 Å². The monoisotopic (exact) mass is 377 g/mol. The molecule has 1 atom stereocenters. The van der Waals surface area contributed by atoms with Gasteiger partial charge in [-0.25, -0.2) is 21.6 Å². The molecule has 0 spiro atoms. The van der Waals surface area contributed by atoms with Gasteiger partial charge >= 0.3 is 0 Å². The second-order valence-corrected chi connectivity index (χ2v) is 9.23. The van der Waals surface area contributed by atoms with Crippen LogP contribution in [0.4, 0.5) is 0 Å². The Balaban J connectivity index is 2.15. The third-order valence-electron chi connectivity index (χ3n) is 3.81. The maximum absolute atomic E-state index is 12.5. The molecule has 0 radical (unpaired) electrons. The largest absolute Gasteiger partial charge is 0.379 e. The Kier molecular flexibility index (Phi) is 6.34. The van der Waals surface area contributed by atoms with E-state index in [4.69, 9.17) is 4.74 Å². The highest BCUT2D eigenvalue weighted by molar-refractivity contribution is 7.89. The molecule has 0 saturated carbocycles. The zero-order valence-corrected chi connectivity index (χ0v) is 15.4. The molecule has 8 nitrogen and oxygen atoms in total. The molecule has 24 heavy (non-hydrogen) atoms. The lowest BCUT2D eigenvalue weighted by Gasteiger charge is -2.26. The van der Waals surface area contributed by atoms with Gasteiger partial charge < -0.3 is 10.1 Å². The molecule has 1 aliphatic heterocycles. The van der Waals surface area contributed by atoms with Gasteiger partial charge in [0.25, 0.3) is 0 Å². The third-order valence-corrected chi connectivity index (χ3v) is 7.17. The summed E-state index contributed by atoms with van der Waals surface area (Å²) in [4.78, 5) is 0.110. The highest BCUT2D eigenvalue weighted by atomic mass is 32.2. The van der Waals surface area contributed by atoms with Crippen LogP contribution in [-0.4, -0.2) is 67.1 Å². The van der Waals surface area contributed by atoms with Crippen molar-refractivity contribution in [2.24, 2.45) is 0 Å². The van der Waals surface area contributed by atoms with E-state index >= 15 is 0 Å². The van der Waals surface area contributed by atoms with E-state index in [2.05, 4.69) is 10.0 Å². The first kappa shape index (κ1) is 19.3. The number of hydrogen-bond donors (Lipinski definition) is 2. The summed E-state index contributed by atoms with van der Waals surface area (Å²) < 4.78 is 58.4. The predicted octanol–water partition coefficient (Wildman–Crippen LogP) is -0.406. The number of rotatable bonds is 7. The summed E-state index contributed by atoms with van der Waals surface area (Å²) in [5, 5.41) is 2.93. The molecule has 136 valence electrons. The molecule has 0 aliphatic carbocycles. The molecule has 0 bridgehead atoms. The fourth-order valence-corrected chi connectivity index (χ4v) is 4.69. The summed E-state index contributed by atoms with van der Waals surface area (Å²) in [6.45, 7) is 3.41. The summed E-state index contributed by atoms with van der Waals surface area (Å²) >= 11 is 0. The summed E-state index contributed by atoms with van der Waals surface area (Å²) in [6.07, 6.45) is 0. The number of nitrogens with one attached hydrogen (secondary N) is 2. The van der Waals surface area contributed by atoms with Crippen molar-refractivity contribution in [2.45, 2.75) is 22.8 Å². The Bertz CT molecular complexity index is 741. The molecule has 1 aromatic carbocycles. The first-order chi connectivity index (χ1) is 11.3. The number of likely N-dealkylation sites (N-methyl/N-ethyl adjacent to an activating group) is 1. The Labute approximate surface area is 143 Å². The van der Waals surface area contributed by atoms with E-state index in [0.717, 1.165) is 0 Å². The van der Waals surface area contributed by atoms with Gasteiger partial charge in [0.15, 0.2) is 0 Å². The van der Waals surface area contributed by atoms with E-state index in [9.17, 15) is 16.8 Å². The number of benzene rings is 1. The van der Waals surface area contributed by atoms with Gasteiger partial charge in [0, 0.05) is 25.7 Å². The van der Waals surface area contributed by atoms with E-state index in [1.165, 1.54) is 28.6 Å². The van der Waals surface area contributed by atoms with Crippen LogP contribution >= 0.6 is 0 Å². The molecule has 10 heteroatoms. The molecular formula is C14H23N3O5S2. The minimum atomic E-state index is -3.67. The van der Waals surface area contributed by atoms with E-state index in [1.54, 1.807) is 7.05 Å². The average molecular weight is 377 g/mol. The molecule has 1 fully saturated rings. The maximum atomic E-state index is 12.5. The molecule has 1 aromatic rings. The molecule has 1 unspecified atom stereocenters. The summed E-state index contributed by atoms with van der Waals surface area (Å²) in [6, 6.07) is 5.24. The normalized spacial score (nSPS) is 18.4. The van der Waals surface area contributed by atoms with Gasteiger partial charge in [0.1, 0.15) is 0 Å². The predicted molar refractivity (Wildman–Crippen MR) is 89.7 cm³/mol. The van der Waals surface area contributed by atoms with Gasteiger partial charge in [-0.3, -0.25) is 0 Å². The van der Waals surface area contributed by atoms with Crippen molar-refractivity contribution in [1.29, 1.82) is 0 Å². The van der Waals surface area contributed by atoms with Crippen molar-refractivity contribution in [2.75, 3.05) is 39.9 Å². The second kappa shape index (κ2) is 7.89. The van der Waals surface area contributed by atoms with E-state index < -0.39 is 20.0 Å². The van der Waals surface area contributed by atoms with Crippen molar-refractivity contribution in [1.82, 2.24) is 14.3 Å². The summed E-state index contributed by atoms with van der Waals surface area (Å²) in [5.41, 5.74) is 0. The van der Waals surface area contributed by atoms with E-state index in [-0.39, 0.29) is 22.4 Å². The fraction of sp³-hybridized carbons (Fsp3) is 0.571.